The van der Waals surface area contributed by atoms with Crippen molar-refractivity contribution in [2.75, 3.05) is 11.9 Å². The van der Waals surface area contributed by atoms with E-state index in [2.05, 4.69) is 39.6 Å². The quantitative estimate of drug-likeness (QED) is 0.218. The number of aromatic nitrogens is 5. The molecule has 6 rings (SSSR count). The number of carbonyl (C=O) groups is 2. The molecule has 2 aliphatic rings. The van der Waals surface area contributed by atoms with E-state index in [1.807, 2.05) is 73.4 Å². The second-order valence-corrected chi connectivity index (χ2v) is 14.8. The lowest BCUT2D eigenvalue weighted by Gasteiger charge is -2.46. The Hall–Kier alpha value is -4.72. The highest BCUT2D eigenvalue weighted by Crippen LogP contribution is 2.53. The molecule has 0 aliphatic heterocycles. The minimum absolute atomic E-state index is 0.0264. The molecule has 2 fully saturated rings. The van der Waals surface area contributed by atoms with E-state index in [0.29, 0.717) is 36.4 Å². The van der Waals surface area contributed by atoms with Crippen molar-refractivity contribution >= 4 is 23.3 Å². The first-order valence-electron chi connectivity index (χ1n) is 16.4. The van der Waals surface area contributed by atoms with Gasteiger partial charge in [0.1, 0.15) is 23.4 Å². The Morgan fingerprint density at radius 1 is 1.19 bits per heavy atom. The maximum atomic E-state index is 13.9. The SMILES string of the molecule is Cn1cnnc1C1(c2cccc(NC(=O)c3cc(CN(CC4(C)CCCC4)C(=O)OC(C)(C)C)cn4ccnc34)c2)CC(CC#N)C1. The largest absolute Gasteiger partial charge is 0.444 e. The van der Waals surface area contributed by atoms with Gasteiger partial charge in [-0.2, -0.15) is 5.26 Å². The van der Waals surface area contributed by atoms with Crippen molar-refractivity contribution in [3.05, 3.63) is 77.8 Å². The summed E-state index contributed by atoms with van der Waals surface area (Å²) in [6.07, 6.45) is 13.3. The third-order valence-corrected chi connectivity index (χ3v) is 9.66. The van der Waals surface area contributed by atoms with Crippen molar-refractivity contribution in [1.82, 2.24) is 29.0 Å². The molecule has 0 unspecified atom stereocenters. The van der Waals surface area contributed by atoms with Crippen LogP contribution in [0.15, 0.2) is 55.2 Å². The van der Waals surface area contributed by atoms with Crippen LogP contribution in [-0.2, 0) is 23.7 Å². The summed E-state index contributed by atoms with van der Waals surface area (Å²) in [4.78, 5) is 33.7. The lowest BCUT2D eigenvalue weighted by Crippen LogP contribution is -2.44. The highest BCUT2D eigenvalue weighted by atomic mass is 16.6. The van der Waals surface area contributed by atoms with Crippen molar-refractivity contribution < 1.29 is 14.3 Å². The molecular formula is C36H44N8O3. The summed E-state index contributed by atoms with van der Waals surface area (Å²) in [7, 11) is 1.93. The Kier molecular flexibility index (Phi) is 8.55. The first-order chi connectivity index (χ1) is 22.4. The first-order valence-corrected chi connectivity index (χ1v) is 16.4. The normalized spacial score (nSPS) is 20.4. The van der Waals surface area contributed by atoms with Crippen LogP contribution in [0.3, 0.4) is 0 Å². The number of carbonyl (C=O) groups excluding carboxylic acids is 2. The summed E-state index contributed by atoms with van der Waals surface area (Å²) in [6, 6.07) is 12.0. The molecule has 11 nitrogen and oxygen atoms in total. The molecule has 246 valence electrons. The Morgan fingerprint density at radius 3 is 2.64 bits per heavy atom. The number of fused-ring (bicyclic) bond motifs is 1. The van der Waals surface area contributed by atoms with Crippen LogP contribution >= 0.6 is 0 Å². The van der Waals surface area contributed by atoms with Crippen LogP contribution in [0.2, 0.25) is 0 Å². The van der Waals surface area contributed by atoms with Crippen molar-refractivity contribution in [3.63, 3.8) is 0 Å². The average molecular weight is 637 g/mol. The van der Waals surface area contributed by atoms with E-state index in [1.165, 1.54) is 0 Å². The maximum Gasteiger partial charge on any atom is 0.410 e. The minimum atomic E-state index is -0.624. The zero-order valence-corrected chi connectivity index (χ0v) is 28.0. The number of rotatable bonds is 9. The number of nitriles is 1. The molecule has 0 bridgehead atoms. The van der Waals surface area contributed by atoms with Gasteiger partial charge >= 0.3 is 6.09 Å². The molecule has 0 radical (unpaired) electrons. The number of anilines is 1. The number of pyridine rings is 1. The van der Waals surface area contributed by atoms with Crippen molar-refractivity contribution in [1.29, 1.82) is 5.26 Å². The molecule has 3 heterocycles. The highest BCUT2D eigenvalue weighted by Gasteiger charge is 2.49. The van der Waals surface area contributed by atoms with E-state index in [0.717, 1.165) is 55.5 Å². The van der Waals surface area contributed by atoms with Gasteiger partial charge in [0.2, 0.25) is 0 Å². The number of nitrogens with zero attached hydrogens (tertiary/aromatic N) is 7. The van der Waals surface area contributed by atoms with Gasteiger partial charge < -0.3 is 23.9 Å². The molecule has 0 atom stereocenters. The number of aryl methyl sites for hydroxylation is 1. The van der Waals surface area contributed by atoms with E-state index in [4.69, 9.17) is 4.74 Å². The van der Waals surface area contributed by atoms with Gasteiger partial charge in [0, 0.05) is 44.3 Å². The molecule has 0 spiro atoms. The molecule has 1 aromatic carbocycles. The topological polar surface area (TPSA) is 130 Å². The molecule has 2 aliphatic carbocycles. The summed E-state index contributed by atoms with van der Waals surface area (Å²) in [5.41, 5.74) is 2.44. The van der Waals surface area contributed by atoms with E-state index in [-0.39, 0.29) is 28.7 Å². The predicted octanol–water partition coefficient (Wildman–Crippen LogP) is 6.64. The number of benzene rings is 1. The first kappa shape index (κ1) is 32.2. The highest BCUT2D eigenvalue weighted by molar-refractivity contribution is 6.08. The van der Waals surface area contributed by atoms with Gasteiger partial charge in [-0.1, -0.05) is 31.9 Å². The van der Waals surface area contributed by atoms with Gasteiger partial charge in [-0.15, -0.1) is 10.2 Å². The number of nitrogens with one attached hydrogen (secondary N) is 1. The van der Waals surface area contributed by atoms with Crippen molar-refractivity contribution in [3.8, 4) is 6.07 Å². The lowest BCUT2D eigenvalue weighted by atomic mass is 9.57. The Labute approximate surface area is 276 Å². The van der Waals surface area contributed by atoms with Gasteiger partial charge in [0.25, 0.3) is 5.91 Å². The third-order valence-electron chi connectivity index (χ3n) is 9.66. The number of hydrogen-bond acceptors (Lipinski definition) is 7. The van der Waals surface area contributed by atoms with Crippen LogP contribution < -0.4 is 5.32 Å². The third kappa shape index (κ3) is 6.73. The second kappa shape index (κ2) is 12.5. The van der Waals surface area contributed by atoms with Crippen molar-refractivity contribution in [2.24, 2.45) is 18.4 Å². The number of ether oxygens (including phenoxy) is 1. The van der Waals surface area contributed by atoms with Crippen molar-refractivity contribution in [2.45, 2.75) is 90.2 Å². The summed E-state index contributed by atoms with van der Waals surface area (Å²) in [5, 5.41) is 21.0. The number of amides is 2. The van der Waals surface area contributed by atoms with Crippen LogP contribution in [-0.4, -0.2) is 53.2 Å². The van der Waals surface area contributed by atoms with Gasteiger partial charge in [0.05, 0.1) is 23.6 Å². The van der Waals surface area contributed by atoms with E-state index in [1.54, 1.807) is 17.4 Å². The monoisotopic (exact) mass is 636 g/mol. The zero-order valence-electron chi connectivity index (χ0n) is 28.0. The van der Waals surface area contributed by atoms with Gasteiger partial charge in [-0.25, -0.2) is 9.78 Å². The molecule has 11 heteroatoms. The van der Waals surface area contributed by atoms with Crippen LogP contribution in [0.1, 0.15) is 99.9 Å². The Balaban J connectivity index is 1.28. The molecule has 3 aromatic heterocycles. The average Bonchev–Trinajstić information content (AvgIpc) is 3.75. The van der Waals surface area contributed by atoms with Crippen LogP contribution in [0.25, 0.3) is 5.65 Å². The van der Waals surface area contributed by atoms with Crippen LogP contribution in [0.4, 0.5) is 10.5 Å². The van der Waals surface area contributed by atoms with Crippen LogP contribution in [0, 0.1) is 22.7 Å². The fourth-order valence-electron chi connectivity index (χ4n) is 7.48. The zero-order chi connectivity index (χ0) is 33.4. The van der Waals surface area contributed by atoms with Gasteiger partial charge in [-0.05, 0) is 87.1 Å². The number of imidazole rings is 1. The second-order valence-electron chi connectivity index (χ2n) is 14.8. The Morgan fingerprint density at radius 2 is 1.96 bits per heavy atom. The minimum Gasteiger partial charge on any atom is -0.444 e. The molecule has 2 saturated carbocycles. The molecule has 4 aromatic rings. The standard InChI is InChI=1S/C36H44N8O3/c1-34(2,3)47-33(46)44(23-35(4)12-6-7-13-35)22-26-17-29(30-38-15-16-43(30)21-26)31(45)40-28-10-8-9-27(18-28)36(19-25(20-36)11-14-37)32-41-39-24-42(32)5/h8-10,15-18,21,24-25H,6-7,11-13,19-20,22-23H2,1-5H3,(H,40,45). The smallest absolute Gasteiger partial charge is 0.410 e. The number of hydrogen-bond donors (Lipinski definition) is 1. The Bertz CT molecular complexity index is 1820. The summed E-state index contributed by atoms with van der Waals surface area (Å²) in [5.74, 6) is 0.835. The molecular weight excluding hydrogens is 592 g/mol. The predicted molar refractivity (Wildman–Crippen MR) is 178 cm³/mol. The summed E-state index contributed by atoms with van der Waals surface area (Å²) >= 11 is 0. The molecule has 1 N–H and O–H groups in total. The summed E-state index contributed by atoms with van der Waals surface area (Å²) in [6.45, 7) is 8.75. The molecule has 0 saturated heterocycles. The lowest BCUT2D eigenvalue weighted by molar-refractivity contribution is 0.0150. The fraction of sp³-hybridized carbons (Fsp3) is 0.500. The van der Waals surface area contributed by atoms with E-state index < -0.39 is 5.60 Å². The maximum absolute atomic E-state index is 13.9. The summed E-state index contributed by atoms with van der Waals surface area (Å²) < 4.78 is 9.59. The fourth-order valence-corrected chi connectivity index (χ4v) is 7.48. The van der Waals surface area contributed by atoms with Crippen LogP contribution in [0.5, 0.6) is 0 Å². The van der Waals surface area contributed by atoms with E-state index in [9.17, 15) is 14.9 Å². The van der Waals surface area contributed by atoms with Gasteiger partial charge in [0.15, 0.2) is 0 Å². The van der Waals surface area contributed by atoms with E-state index >= 15 is 0 Å². The molecule has 2 amide bonds. The molecule has 47 heavy (non-hydrogen) atoms. The van der Waals surface area contributed by atoms with Gasteiger partial charge in [-0.3, -0.25) is 4.79 Å².